The van der Waals surface area contributed by atoms with Gasteiger partial charge in [0, 0.05) is 6.07 Å². The van der Waals surface area contributed by atoms with Gasteiger partial charge in [0.25, 0.3) is 5.69 Å². The molecule has 0 spiro atoms. The lowest BCUT2D eigenvalue weighted by Gasteiger charge is -2.02. The summed E-state index contributed by atoms with van der Waals surface area (Å²) in [5, 5.41) is 10.8. The number of oxazole rings is 1. The van der Waals surface area contributed by atoms with Crippen molar-refractivity contribution in [3.63, 3.8) is 0 Å². The number of halogens is 1. The van der Waals surface area contributed by atoms with Crippen molar-refractivity contribution in [2.75, 3.05) is 0 Å². The van der Waals surface area contributed by atoms with Crippen LogP contribution in [0.25, 0.3) is 11.1 Å². The summed E-state index contributed by atoms with van der Waals surface area (Å²) in [4.78, 5) is 14.5. The van der Waals surface area contributed by atoms with Crippen molar-refractivity contribution in [2.45, 2.75) is 0 Å². The van der Waals surface area contributed by atoms with Crippen LogP contribution in [0.3, 0.4) is 0 Å². The quantitative estimate of drug-likeness (QED) is 0.387. The standard InChI is InChI=1S/C13H7IN2O4/c14-9-6-5-8(16(17)18)7-12(9)20-13-15-10-3-1-2-4-11(10)19-13/h1-7H. The molecule has 20 heavy (non-hydrogen) atoms. The Bertz CT molecular complexity index is 767. The van der Waals surface area contributed by atoms with Gasteiger partial charge in [-0.25, -0.2) is 0 Å². The Labute approximate surface area is 126 Å². The molecule has 1 aromatic heterocycles. The zero-order valence-corrected chi connectivity index (χ0v) is 12.1. The molecular formula is C13H7IN2O4. The maximum atomic E-state index is 10.8. The normalized spacial score (nSPS) is 10.7. The van der Waals surface area contributed by atoms with Crippen LogP contribution in [0.15, 0.2) is 46.9 Å². The van der Waals surface area contributed by atoms with Gasteiger partial charge in [0.05, 0.1) is 14.6 Å². The number of fused-ring (bicyclic) bond motifs is 1. The number of nitro groups is 1. The average Bonchev–Trinajstić information content (AvgIpc) is 2.83. The molecule has 0 saturated heterocycles. The van der Waals surface area contributed by atoms with Gasteiger partial charge in [-0.3, -0.25) is 10.1 Å². The molecule has 1 heterocycles. The second-order valence-corrected chi connectivity index (χ2v) is 5.08. The molecule has 100 valence electrons. The fraction of sp³-hybridized carbons (Fsp3) is 0. The molecule has 0 unspecified atom stereocenters. The Morgan fingerprint density at radius 3 is 2.80 bits per heavy atom. The van der Waals surface area contributed by atoms with Gasteiger partial charge in [0.15, 0.2) is 11.3 Å². The Morgan fingerprint density at radius 1 is 1.25 bits per heavy atom. The summed E-state index contributed by atoms with van der Waals surface area (Å²) in [6.07, 6.45) is 0.0598. The van der Waals surface area contributed by atoms with Gasteiger partial charge in [0.1, 0.15) is 5.52 Å². The molecule has 0 fully saturated rings. The third-order valence-corrected chi connectivity index (χ3v) is 3.49. The summed E-state index contributed by atoms with van der Waals surface area (Å²) in [6, 6.07) is 11.6. The third kappa shape index (κ3) is 2.44. The molecule has 7 heteroatoms. The van der Waals surface area contributed by atoms with E-state index in [0.29, 0.717) is 16.8 Å². The number of nitrogens with zero attached hydrogens (tertiary/aromatic N) is 2. The highest BCUT2D eigenvalue weighted by molar-refractivity contribution is 14.1. The minimum atomic E-state index is -0.477. The fourth-order valence-corrected chi connectivity index (χ4v) is 2.12. The topological polar surface area (TPSA) is 78.4 Å². The van der Waals surface area contributed by atoms with E-state index in [0.717, 1.165) is 3.57 Å². The molecule has 0 N–H and O–H groups in total. The second kappa shape index (κ2) is 5.08. The maximum absolute atomic E-state index is 10.8. The van der Waals surface area contributed by atoms with Crippen molar-refractivity contribution in [3.8, 4) is 11.8 Å². The highest BCUT2D eigenvalue weighted by Crippen LogP contribution is 2.31. The third-order valence-electron chi connectivity index (χ3n) is 2.60. The number of benzene rings is 2. The molecular weight excluding hydrogens is 375 g/mol. The largest absolute Gasteiger partial charge is 0.410 e. The van der Waals surface area contributed by atoms with Crippen LogP contribution in [-0.4, -0.2) is 9.91 Å². The molecule has 0 amide bonds. The lowest BCUT2D eigenvalue weighted by Crippen LogP contribution is -1.92. The molecule has 0 aliphatic heterocycles. The van der Waals surface area contributed by atoms with E-state index in [1.165, 1.54) is 12.1 Å². The highest BCUT2D eigenvalue weighted by atomic mass is 127. The van der Waals surface area contributed by atoms with Crippen molar-refractivity contribution in [1.29, 1.82) is 0 Å². The van der Waals surface area contributed by atoms with E-state index in [1.54, 1.807) is 18.2 Å². The fourth-order valence-electron chi connectivity index (χ4n) is 1.67. The van der Waals surface area contributed by atoms with Gasteiger partial charge in [0.2, 0.25) is 0 Å². The van der Waals surface area contributed by atoms with Crippen molar-refractivity contribution >= 4 is 39.4 Å². The molecule has 0 bridgehead atoms. The van der Waals surface area contributed by atoms with E-state index < -0.39 is 4.92 Å². The summed E-state index contributed by atoms with van der Waals surface area (Å²) in [5.74, 6) is 0.339. The number of hydrogen-bond donors (Lipinski definition) is 0. The summed E-state index contributed by atoms with van der Waals surface area (Å²) in [6.45, 7) is 0. The van der Waals surface area contributed by atoms with Crippen molar-refractivity contribution in [3.05, 3.63) is 56.1 Å². The van der Waals surface area contributed by atoms with E-state index in [-0.39, 0.29) is 11.8 Å². The van der Waals surface area contributed by atoms with E-state index in [9.17, 15) is 10.1 Å². The van der Waals surface area contributed by atoms with Crippen molar-refractivity contribution in [2.24, 2.45) is 0 Å². The van der Waals surface area contributed by atoms with E-state index >= 15 is 0 Å². The maximum Gasteiger partial charge on any atom is 0.400 e. The van der Waals surface area contributed by atoms with Gasteiger partial charge in [-0.1, -0.05) is 12.1 Å². The van der Waals surface area contributed by atoms with E-state index in [2.05, 4.69) is 4.98 Å². The van der Waals surface area contributed by atoms with Crippen LogP contribution in [-0.2, 0) is 0 Å². The van der Waals surface area contributed by atoms with Crippen LogP contribution in [0.5, 0.6) is 11.8 Å². The summed E-state index contributed by atoms with van der Waals surface area (Å²) < 4.78 is 11.6. The predicted molar refractivity (Wildman–Crippen MR) is 79.9 cm³/mol. The molecule has 2 aromatic carbocycles. The molecule has 3 rings (SSSR count). The number of aromatic nitrogens is 1. The summed E-state index contributed by atoms with van der Waals surface area (Å²) >= 11 is 2.03. The SMILES string of the molecule is O=[N+]([O-])c1ccc(I)c(Oc2nc3ccccc3o2)c1. The average molecular weight is 382 g/mol. The molecule has 0 atom stereocenters. The van der Waals surface area contributed by atoms with Crippen LogP contribution < -0.4 is 4.74 Å². The number of non-ortho nitro benzene ring substituents is 1. The first-order valence-electron chi connectivity index (χ1n) is 5.61. The molecule has 0 radical (unpaired) electrons. The number of ether oxygens (including phenoxy) is 1. The van der Waals surface area contributed by atoms with Crippen LogP contribution >= 0.6 is 22.6 Å². The minimum Gasteiger partial charge on any atom is -0.410 e. The Hall–Kier alpha value is -2.16. The Kier molecular flexibility index (Phi) is 3.26. The number of nitro benzene ring substituents is 1. The highest BCUT2D eigenvalue weighted by Gasteiger charge is 2.14. The van der Waals surface area contributed by atoms with Gasteiger partial charge in [-0.05, 0) is 40.8 Å². The molecule has 0 saturated carbocycles. The first kappa shape index (κ1) is 12.9. The minimum absolute atomic E-state index is 0.0449. The first-order chi connectivity index (χ1) is 9.63. The second-order valence-electron chi connectivity index (χ2n) is 3.92. The Morgan fingerprint density at radius 2 is 2.05 bits per heavy atom. The zero-order chi connectivity index (χ0) is 14.1. The van der Waals surface area contributed by atoms with Crippen LogP contribution in [0.2, 0.25) is 0 Å². The number of hydrogen-bond acceptors (Lipinski definition) is 5. The van der Waals surface area contributed by atoms with Gasteiger partial charge >= 0.3 is 6.08 Å². The molecule has 6 nitrogen and oxygen atoms in total. The van der Waals surface area contributed by atoms with E-state index in [4.69, 9.17) is 9.15 Å². The zero-order valence-electron chi connectivity index (χ0n) is 9.95. The van der Waals surface area contributed by atoms with Crippen LogP contribution in [0.4, 0.5) is 5.69 Å². The smallest absolute Gasteiger partial charge is 0.400 e. The lowest BCUT2D eigenvalue weighted by atomic mass is 10.3. The van der Waals surface area contributed by atoms with Crippen LogP contribution in [0.1, 0.15) is 0 Å². The van der Waals surface area contributed by atoms with Gasteiger partial charge < -0.3 is 9.15 Å². The number of rotatable bonds is 3. The summed E-state index contributed by atoms with van der Waals surface area (Å²) in [5.41, 5.74) is 1.22. The molecule has 0 aliphatic carbocycles. The lowest BCUT2D eigenvalue weighted by molar-refractivity contribution is -0.384. The van der Waals surface area contributed by atoms with Gasteiger partial charge in [-0.15, -0.1) is 0 Å². The van der Waals surface area contributed by atoms with Crippen LogP contribution in [0, 0.1) is 13.7 Å². The predicted octanol–water partition coefficient (Wildman–Crippen LogP) is 4.13. The van der Waals surface area contributed by atoms with Gasteiger partial charge in [-0.2, -0.15) is 4.98 Å². The van der Waals surface area contributed by atoms with Crippen molar-refractivity contribution < 1.29 is 14.1 Å². The van der Waals surface area contributed by atoms with Crippen molar-refractivity contribution in [1.82, 2.24) is 4.98 Å². The summed E-state index contributed by atoms with van der Waals surface area (Å²) in [7, 11) is 0. The molecule has 3 aromatic rings. The van der Waals surface area contributed by atoms with E-state index in [1.807, 2.05) is 34.7 Å². The monoisotopic (exact) mass is 382 g/mol. The first-order valence-corrected chi connectivity index (χ1v) is 6.69. The Balaban J connectivity index is 1.97. The number of para-hydroxylation sites is 2. The molecule has 0 aliphatic rings.